The highest BCUT2D eigenvalue weighted by Gasteiger charge is 2.44. The molecule has 234 valence electrons. The average Bonchev–Trinajstić information content (AvgIpc) is 3.34. The number of benzene rings is 2. The van der Waals surface area contributed by atoms with Gasteiger partial charge in [0.1, 0.15) is 23.3 Å². The third kappa shape index (κ3) is 7.12. The molecule has 3 amide bonds. The molecule has 0 radical (unpaired) electrons. The number of urea groups is 1. The maximum Gasteiger partial charge on any atom is 0.334 e. The van der Waals surface area contributed by atoms with Gasteiger partial charge in [-0.2, -0.15) is 10.1 Å². The fourth-order valence-corrected chi connectivity index (χ4v) is 5.52. The smallest absolute Gasteiger partial charge is 0.334 e. The summed E-state index contributed by atoms with van der Waals surface area (Å²) in [6.07, 6.45) is 0.792. The van der Waals surface area contributed by atoms with Crippen LogP contribution >= 0.6 is 11.6 Å². The first kappa shape index (κ1) is 30.8. The minimum atomic E-state index is -1.03. The molecule has 15 nitrogen and oxygen atoms in total. The predicted octanol–water partition coefficient (Wildman–Crippen LogP) is 0.842. The van der Waals surface area contributed by atoms with E-state index in [0.29, 0.717) is 52.0 Å². The lowest BCUT2D eigenvalue weighted by Crippen LogP contribution is -2.57. The minimum Gasteiger partial charge on any atom is -0.489 e. The van der Waals surface area contributed by atoms with Gasteiger partial charge in [0, 0.05) is 19.6 Å². The number of piperidine rings is 1. The minimum absolute atomic E-state index is 0.0388. The Morgan fingerprint density at radius 1 is 1.09 bits per heavy atom. The van der Waals surface area contributed by atoms with Gasteiger partial charge < -0.3 is 31.3 Å². The number of halogens is 1. The van der Waals surface area contributed by atoms with Gasteiger partial charge in [-0.05, 0) is 42.5 Å². The van der Waals surface area contributed by atoms with Gasteiger partial charge >= 0.3 is 6.03 Å². The van der Waals surface area contributed by atoms with Crippen LogP contribution in [0.2, 0.25) is 0 Å². The van der Waals surface area contributed by atoms with Crippen molar-refractivity contribution in [3.63, 3.8) is 0 Å². The van der Waals surface area contributed by atoms with E-state index in [4.69, 9.17) is 39.3 Å². The highest BCUT2D eigenvalue weighted by Crippen LogP contribution is 2.28. The Labute approximate surface area is 259 Å². The van der Waals surface area contributed by atoms with Crippen LogP contribution in [-0.4, -0.2) is 76.7 Å². The second-order valence-corrected chi connectivity index (χ2v) is 11.4. The molecule has 1 spiro atoms. The number of amides is 3. The lowest BCUT2D eigenvalue weighted by Gasteiger charge is -2.39. The number of likely N-dealkylation sites (tertiary alicyclic amines) is 1. The van der Waals surface area contributed by atoms with Crippen LogP contribution in [0.3, 0.4) is 0 Å². The molecule has 0 bridgehead atoms. The van der Waals surface area contributed by atoms with E-state index in [0.717, 1.165) is 16.9 Å². The number of carbonyl (C=O) groups is 2. The zero-order valence-electron chi connectivity index (χ0n) is 24.1. The Morgan fingerprint density at radius 3 is 2.48 bits per heavy atom. The van der Waals surface area contributed by atoms with Gasteiger partial charge in [0.15, 0.2) is 12.2 Å². The van der Waals surface area contributed by atoms with Crippen molar-refractivity contribution >= 4 is 29.5 Å². The molecule has 16 heteroatoms. The normalized spacial score (nSPS) is 21.8. The molecule has 2 unspecified atom stereocenters. The number of guanidine groups is 1. The van der Waals surface area contributed by atoms with E-state index >= 15 is 0 Å². The summed E-state index contributed by atoms with van der Waals surface area (Å²) in [6, 6.07) is 16.5. The standard InChI is InChI=1S/C28H37ClN12O3/c29-22-23(30)35-24(38-31)21(34-22)25(42)36-26-37-28(17-41(26)33)11-14-39(15-12-28)27(43)40(32)13-10-18-6-8-20(9-7-18)44-16-19-4-2-1-3-5-19/h1-9,21,24,31,34-35H,10-17,30,32-33H2,(H,36,37,42). The molecule has 2 aromatic rings. The number of aliphatic imine (C=N–C) groups is 1. The lowest BCUT2D eigenvalue weighted by molar-refractivity contribution is -0.120. The van der Waals surface area contributed by atoms with Crippen molar-refractivity contribution in [1.29, 1.82) is 5.53 Å². The van der Waals surface area contributed by atoms with Crippen molar-refractivity contribution < 1.29 is 14.3 Å². The van der Waals surface area contributed by atoms with Crippen LogP contribution in [0, 0.1) is 5.53 Å². The van der Waals surface area contributed by atoms with Crippen molar-refractivity contribution in [1.82, 2.24) is 30.9 Å². The summed E-state index contributed by atoms with van der Waals surface area (Å²) in [5.41, 5.74) is 14.7. The summed E-state index contributed by atoms with van der Waals surface area (Å²) in [4.78, 5) is 31.8. The van der Waals surface area contributed by atoms with Crippen LogP contribution in [0.15, 0.2) is 75.7 Å². The summed E-state index contributed by atoms with van der Waals surface area (Å²) in [5.74, 6) is 12.8. The molecule has 2 fully saturated rings. The fraction of sp³-hybridized carbons (Fsp3) is 0.393. The first-order valence-corrected chi connectivity index (χ1v) is 14.6. The van der Waals surface area contributed by atoms with E-state index in [-0.39, 0.29) is 23.0 Å². The van der Waals surface area contributed by atoms with Gasteiger partial charge in [-0.25, -0.2) is 22.0 Å². The first-order valence-electron chi connectivity index (χ1n) is 14.2. The SMILES string of the molecule is N=NC1NC(N)=C(Cl)NC1C(=O)/N=C1/NC2(CCN(C(=O)N(N)CCc3ccc(OCc4ccccc4)cc3)CC2)CN1N. The second-order valence-electron chi connectivity index (χ2n) is 11.0. The van der Waals surface area contributed by atoms with Gasteiger partial charge in [-0.15, -0.1) is 0 Å². The maximum absolute atomic E-state index is 13.1. The molecule has 0 aliphatic carbocycles. The van der Waals surface area contributed by atoms with Crippen molar-refractivity contribution in [2.45, 2.75) is 43.6 Å². The Morgan fingerprint density at radius 2 is 1.80 bits per heavy atom. The highest BCUT2D eigenvalue weighted by atomic mass is 35.5. The predicted molar refractivity (Wildman–Crippen MR) is 163 cm³/mol. The second kappa shape index (κ2) is 13.4. The number of carbonyl (C=O) groups excluding carboxylic acids is 2. The molecular formula is C28H37ClN12O3. The number of hydrogen-bond acceptors (Lipinski definition) is 10. The molecule has 2 atom stereocenters. The Hall–Kier alpha value is -4.60. The van der Waals surface area contributed by atoms with Crippen LogP contribution in [0.1, 0.15) is 24.0 Å². The van der Waals surface area contributed by atoms with Gasteiger partial charge in [0.2, 0.25) is 5.96 Å². The third-order valence-corrected chi connectivity index (χ3v) is 8.24. The molecule has 3 aliphatic heterocycles. The summed E-state index contributed by atoms with van der Waals surface area (Å²) in [6.45, 7) is 2.16. The Bertz CT molecular complexity index is 1410. The number of ether oxygens (including phenoxy) is 1. The van der Waals surface area contributed by atoms with Crippen molar-refractivity contribution in [3.8, 4) is 5.75 Å². The molecule has 3 aliphatic rings. The number of hydrazine groups is 2. The van der Waals surface area contributed by atoms with E-state index < -0.39 is 23.7 Å². The number of nitrogens with one attached hydrogen (secondary N) is 4. The van der Waals surface area contributed by atoms with E-state index in [2.05, 4.69) is 26.1 Å². The quantitative estimate of drug-likeness (QED) is 0.0722. The van der Waals surface area contributed by atoms with E-state index in [9.17, 15) is 9.59 Å². The summed E-state index contributed by atoms with van der Waals surface area (Å²) in [7, 11) is 0. The summed E-state index contributed by atoms with van der Waals surface area (Å²) in [5, 5.41) is 14.7. The van der Waals surface area contributed by atoms with Gasteiger partial charge in [-0.1, -0.05) is 54.1 Å². The fourth-order valence-electron chi connectivity index (χ4n) is 5.35. The number of nitrogens with zero attached hydrogens (tertiary/aromatic N) is 5. The van der Waals surface area contributed by atoms with Crippen molar-refractivity contribution in [3.05, 3.63) is 76.7 Å². The average molecular weight is 625 g/mol. The molecule has 10 N–H and O–H groups in total. The van der Waals surface area contributed by atoms with Crippen molar-refractivity contribution in [2.75, 3.05) is 26.2 Å². The maximum atomic E-state index is 13.1. The first-order chi connectivity index (χ1) is 21.2. The summed E-state index contributed by atoms with van der Waals surface area (Å²) < 4.78 is 5.84. The zero-order valence-corrected chi connectivity index (χ0v) is 24.8. The number of nitrogens with two attached hydrogens (primary N) is 3. The Balaban J connectivity index is 1.08. The van der Waals surface area contributed by atoms with Crippen molar-refractivity contribution in [2.24, 2.45) is 27.5 Å². The van der Waals surface area contributed by atoms with E-state index in [1.54, 1.807) is 4.90 Å². The van der Waals surface area contributed by atoms with Crippen LogP contribution < -0.4 is 38.1 Å². The molecule has 0 aromatic heterocycles. The van der Waals surface area contributed by atoms with E-state index in [1.807, 2.05) is 54.6 Å². The zero-order chi connectivity index (χ0) is 31.3. The lowest BCUT2D eigenvalue weighted by atomic mass is 9.88. The van der Waals surface area contributed by atoms with Gasteiger partial charge in [-0.3, -0.25) is 14.8 Å². The monoisotopic (exact) mass is 624 g/mol. The number of rotatable bonds is 8. The third-order valence-electron chi connectivity index (χ3n) is 7.93. The molecule has 2 aromatic carbocycles. The van der Waals surface area contributed by atoms with Crippen LogP contribution in [-0.2, 0) is 17.8 Å². The van der Waals surface area contributed by atoms with Gasteiger partial charge in [0.05, 0.1) is 12.1 Å². The molecule has 0 saturated carbocycles. The van der Waals surface area contributed by atoms with Crippen LogP contribution in [0.25, 0.3) is 0 Å². The number of hydrogen-bond donors (Lipinski definition) is 7. The summed E-state index contributed by atoms with van der Waals surface area (Å²) >= 11 is 6.01. The molecular weight excluding hydrogens is 588 g/mol. The highest BCUT2D eigenvalue weighted by molar-refractivity contribution is 6.29. The molecule has 2 saturated heterocycles. The van der Waals surface area contributed by atoms with Crippen LogP contribution in [0.5, 0.6) is 5.75 Å². The van der Waals surface area contributed by atoms with Crippen LogP contribution in [0.4, 0.5) is 4.79 Å². The topological polar surface area (TPSA) is 216 Å². The molecule has 3 heterocycles. The van der Waals surface area contributed by atoms with Gasteiger partial charge in [0.25, 0.3) is 5.91 Å². The largest absolute Gasteiger partial charge is 0.489 e. The molecule has 44 heavy (non-hydrogen) atoms. The Kier molecular flexibility index (Phi) is 9.37. The van der Waals surface area contributed by atoms with E-state index in [1.165, 1.54) is 10.0 Å². The molecule has 5 rings (SSSR count).